The van der Waals surface area contributed by atoms with Crippen molar-refractivity contribution in [3.8, 4) is 11.3 Å². The number of benzene rings is 1. The number of rotatable bonds is 6. The number of carbonyl (C=O) groups excluding carboxylic acids is 1. The lowest BCUT2D eigenvalue weighted by Gasteiger charge is -2.16. The summed E-state index contributed by atoms with van der Waals surface area (Å²) in [7, 11) is 0. The van der Waals surface area contributed by atoms with E-state index < -0.39 is 34.8 Å². The summed E-state index contributed by atoms with van der Waals surface area (Å²) in [5, 5.41) is 23.0. The molecule has 200 valence electrons. The van der Waals surface area contributed by atoms with Gasteiger partial charge in [-0.15, -0.1) is 0 Å². The molecule has 38 heavy (non-hydrogen) atoms. The molecule has 11 nitrogen and oxygen atoms in total. The molecule has 1 fully saturated rings. The molecule has 0 saturated heterocycles. The first-order chi connectivity index (χ1) is 17.8. The van der Waals surface area contributed by atoms with Gasteiger partial charge in [-0.3, -0.25) is 5.32 Å². The number of nitrogens with zero attached hydrogens (tertiary/aromatic N) is 5. The summed E-state index contributed by atoms with van der Waals surface area (Å²) in [6.45, 7) is 3.27. The van der Waals surface area contributed by atoms with Crippen LogP contribution >= 0.6 is 0 Å². The fraction of sp³-hybridized carbons (Fsp3) is 0.348. The molecule has 0 spiro atoms. The molecule has 15 heteroatoms. The van der Waals surface area contributed by atoms with E-state index in [0.29, 0.717) is 16.6 Å². The Morgan fingerprint density at radius 1 is 1.21 bits per heavy atom. The van der Waals surface area contributed by atoms with E-state index in [4.69, 9.17) is 10.3 Å². The SMILES string of the molecule is CC(C)(O)Cn1nc(-c2ccc(NC(=O)Nc3cc(C4(C(F)(F)F)CC4)on3)c(F)c2)c2c(N)ncnc21. The summed E-state index contributed by atoms with van der Waals surface area (Å²) in [6, 6.07) is 3.94. The van der Waals surface area contributed by atoms with Crippen LogP contribution in [0.2, 0.25) is 0 Å². The molecular formula is C23H22F4N8O3. The Labute approximate surface area is 212 Å². The zero-order valence-electron chi connectivity index (χ0n) is 20.1. The quantitative estimate of drug-likeness (QED) is 0.268. The summed E-state index contributed by atoms with van der Waals surface area (Å²) < 4.78 is 61.0. The Balaban J connectivity index is 1.35. The van der Waals surface area contributed by atoms with Gasteiger partial charge >= 0.3 is 12.2 Å². The zero-order valence-corrected chi connectivity index (χ0v) is 20.1. The summed E-state index contributed by atoms with van der Waals surface area (Å²) in [5.41, 5.74) is 3.53. The maximum absolute atomic E-state index is 15.0. The lowest BCUT2D eigenvalue weighted by Crippen LogP contribution is -2.28. The fourth-order valence-electron chi connectivity index (χ4n) is 4.10. The molecule has 2 amide bonds. The van der Waals surface area contributed by atoms with Gasteiger partial charge in [0.1, 0.15) is 29.1 Å². The van der Waals surface area contributed by atoms with Crippen molar-refractivity contribution in [1.82, 2.24) is 24.9 Å². The molecule has 5 rings (SSSR count). The lowest BCUT2D eigenvalue weighted by molar-refractivity contribution is -0.165. The van der Waals surface area contributed by atoms with Crippen LogP contribution in [0.5, 0.6) is 0 Å². The normalized spacial score (nSPS) is 15.0. The third-order valence-corrected chi connectivity index (χ3v) is 6.10. The number of carbonyl (C=O) groups is 1. The van der Waals surface area contributed by atoms with Crippen molar-refractivity contribution in [3.05, 3.63) is 42.2 Å². The third-order valence-electron chi connectivity index (χ3n) is 6.10. The van der Waals surface area contributed by atoms with Crippen LogP contribution in [0.1, 0.15) is 32.4 Å². The smallest absolute Gasteiger partial charge is 0.389 e. The zero-order chi connectivity index (χ0) is 27.5. The Hall–Kier alpha value is -4.27. The number of alkyl halides is 3. The van der Waals surface area contributed by atoms with Gasteiger partial charge in [-0.1, -0.05) is 11.2 Å². The standard InChI is InChI=1S/C23H22F4N8O3/c1-21(2,37)9-35-19-16(18(28)29-10-30-19)17(33-35)11-3-4-13(12(24)7-11)31-20(36)32-15-8-14(38-34-15)22(5-6-22)23(25,26)27/h3-4,7-8,10,37H,5-6,9H2,1-2H3,(H2,28,29,30)(H2,31,32,34,36). The minimum Gasteiger partial charge on any atom is -0.389 e. The average Bonchev–Trinajstić information content (AvgIpc) is 3.39. The molecule has 3 aromatic heterocycles. The number of hydrogen-bond donors (Lipinski definition) is 4. The van der Waals surface area contributed by atoms with Crippen molar-refractivity contribution < 1.29 is 32.0 Å². The molecular weight excluding hydrogens is 512 g/mol. The van der Waals surface area contributed by atoms with Crippen LogP contribution in [0.25, 0.3) is 22.3 Å². The number of nitrogens with one attached hydrogen (secondary N) is 2. The van der Waals surface area contributed by atoms with Gasteiger partial charge in [-0.2, -0.15) is 18.3 Å². The van der Waals surface area contributed by atoms with E-state index in [1.54, 1.807) is 13.8 Å². The number of nitrogen functional groups attached to an aromatic ring is 1. The molecule has 0 unspecified atom stereocenters. The predicted molar refractivity (Wildman–Crippen MR) is 128 cm³/mol. The number of fused-ring (bicyclic) bond motifs is 1. The highest BCUT2D eigenvalue weighted by Crippen LogP contribution is 2.59. The van der Waals surface area contributed by atoms with E-state index in [-0.39, 0.29) is 42.4 Å². The van der Waals surface area contributed by atoms with Gasteiger partial charge in [0, 0.05) is 11.6 Å². The van der Waals surface area contributed by atoms with Gasteiger partial charge in [0.05, 0.1) is 23.2 Å². The van der Waals surface area contributed by atoms with Gasteiger partial charge in [0.15, 0.2) is 17.2 Å². The van der Waals surface area contributed by atoms with Crippen molar-refractivity contribution in [2.24, 2.45) is 0 Å². The minimum atomic E-state index is -4.50. The van der Waals surface area contributed by atoms with Crippen LogP contribution in [0.4, 0.5) is 39.7 Å². The van der Waals surface area contributed by atoms with Gasteiger partial charge in [-0.05, 0) is 38.8 Å². The van der Waals surface area contributed by atoms with E-state index in [9.17, 15) is 27.5 Å². The van der Waals surface area contributed by atoms with Gasteiger partial charge < -0.3 is 20.7 Å². The van der Waals surface area contributed by atoms with Crippen LogP contribution in [0, 0.1) is 5.82 Å². The summed E-state index contributed by atoms with van der Waals surface area (Å²) in [6.07, 6.45) is -3.50. The van der Waals surface area contributed by atoms with Gasteiger partial charge in [0.25, 0.3) is 0 Å². The molecule has 1 aliphatic carbocycles. The first kappa shape index (κ1) is 25.4. The highest BCUT2D eigenvalue weighted by molar-refractivity contribution is 6.00. The Morgan fingerprint density at radius 2 is 1.95 bits per heavy atom. The molecule has 1 aliphatic rings. The summed E-state index contributed by atoms with van der Waals surface area (Å²) in [5.74, 6) is -1.35. The Morgan fingerprint density at radius 3 is 2.58 bits per heavy atom. The second kappa shape index (κ2) is 8.65. The predicted octanol–water partition coefficient (Wildman–Crippen LogP) is 4.21. The number of nitrogens with two attached hydrogens (primary N) is 1. The van der Waals surface area contributed by atoms with Crippen molar-refractivity contribution in [2.75, 3.05) is 16.4 Å². The molecule has 3 heterocycles. The number of aliphatic hydroxyl groups is 1. The van der Waals surface area contributed by atoms with Crippen molar-refractivity contribution in [1.29, 1.82) is 0 Å². The number of urea groups is 1. The highest BCUT2D eigenvalue weighted by Gasteiger charge is 2.66. The summed E-state index contributed by atoms with van der Waals surface area (Å²) in [4.78, 5) is 20.5. The maximum atomic E-state index is 15.0. The van der Waals surface area contributed by atoms with Crippen molar-refractivity contribution >= 4 is 34.4 Å². The van der Waals surface area contributed by atoms with Crippen LogP contribution in [0.3, 0.4) is 0 Å². The minimum absolute atomic E-state index is 0.0795. The third kappa shape index (κ3) is 4.60. The van der Waals surface area contributed by atoms with Crippen LogP contribution in [-0.4, -0.2) is 47.8 Å². The molecule has 1 saturated carbocycles. The van der Waals surface area contributed by atoms with E-state index in [2.05, 4.69) is 30.9 Å². The first-order valence-electron chi connectivity index (χ1n) is 11.4. The molecule has 0 atom stereocenters. The number of hydrogen-bond acceptors (Lipinski definition) is 8. The molecule has 0 aliphatic heterocycles. The van der Waals surface area contributed by atoms with Crippen molar-refractivity contribution in [2.45, 2.75) is 50.4 Å². The van der Waals surface area contributed by atoms with E-state index in [1.807, 2.05) is 0 Å². The number of aromatic nitrogens is 5. The Kier molecular flexibility index (Phi) is 5.78. The van der Waals surface area contributed by atoms with E-state index >= 15 is 0 Å². The van der Waals surface area contributed by atoms with Crippen LogP contribution < -0.4 is 16.4 Å². The largest absolute Gasteiger partial charge is 0.401 e. The average molecular weight is 534 g/mol. The van der Waals surface area contributed by atoms with Crippen molar-refractivity contribution in [3.63, 3.8) is 0 Å². The molecule has 5 N–H and O–H groups in total. The lowest BCUT2D eigenvalue weighted by atomic mass is 10.0. The second-order valence-corrected chi connectivity index (χ2v) is 9.71. The van der Waals surface area contributed by atoms with Gasteiger partial charge in [0.2, 0.25) is 0 Å². The van der Waals surface area contributed by atoms with E-state index in [1.165, 1.54) is 23.1 Å². The topological polar surface area (TPSA) is 157 Å². The maximum Gasteiger partial charge on any atom is 0.401 e. The highest BCUT2D eigenvalue weighted by atomic mass is 19.4. The molecule has 4 aromatic rings. The number of halogens is 4. The monoisotopic (exact) mass is 534 g/mol. The molecule has 1 aromatic carbocycles. The Bertz CT molecular complexity index is 1540. The number of amides is 2. The number of anilines is 3. The molecule has 0 bridgehead atoms. The fourth-order valence-corrected chi connectivity index (χ4v) is 4.10. The molecule has 0 radical (unpaired) electrons. The second-order valence-electron chi connectivity index (χ2n) is 9.71. The van der Waals surface area contributed by atoms with Crippen LogP contribution in [-0.2, 0) is 12.0 Å². The summed E-state index contributed by atoms with van der Waals surface area (Å²) >= 11 is 0. The van der Waals surface area contributed by atoms with Crippen LogP contribution in [0.15, 0.2) is 35.1 Å². The van der Waals surface area contributed by atoms with E-state index in [0.717, 1.165) is 12.1 Å². The first-order valence-corrected chi connectivity index (χ1v) is 11.4. The van der Waals surface area contributed by atoms with Gasteiger partial charge in [-0.25, -0.2) is 23.8 Å².